The normalized spacial score (nSPS) is 11.5. The number of para-hydroxylation sites is 1. The van der Waals surface area contributed by atoms with Crippen molar-refractivity contribution in [2.45, 2.75) is 0 Å². The Hall–Kier alpha value is -7.99. The van der Waals surface area contributed by atoms with Crippen LogP contribution >= 0.6 is 11.3 Å². The lowest BCUT2D eigenvalue weighted by Gasteiger charge is -2.12. The van der Waals surface area contributed by atoms with E-state index in [4.69, 9.17) is 19.4 Å². The van der Waals surface area contributed by atoms with Gasteiger partial charge in [0, 0.05) is 58.9 Å². The number of thiophene rings is 1. The Kier molecular flexibility index (Phi) is 8.65. The van der Waals surface area contributed by atoms with Crippen molar-refractivity contribution in [3.05, 3.63) is 212 Å². The van der Waals surface area contributed by atoms with E-state index in [1.807, 2.05) is 53.8 Å². The Balaban J connectivity index is 1.08. The summed E-state index contributed by atoms with van der Waals surface area (Å²) in [4.78, 5) is 15.6. The van der Waals surface area contributed by atoms with Crippen LogP contribution in [0, 0.1) is 0 Å². The lowest BCUT2D eigenvalue weighted by molar-refractivity contribution is 0.636. The maximum absolute atomic E-state index is 7.29. The smallest absolute Gasteiger partial charge is 0.160 e. The third-order valence-electron chi connectivity index (χ3n) is 11.7. The minimum absolute atomic E-state index is 0.692. The number of furan rings is 1. The summed E-state index contributed by atoms with van der Waals surface area (Å²) < 4.78 is 9.74. The highest BCUT2D eigenvalue weighted by Crippen LogP contribution is 2.50. The molecule has 0 fully saturated rings. The van der Waals surface area contributed by atoms with Crippen molar-refractivity contribution in [2.75, 3.05) is 0 Å². The van der Waals surface area contributed by atoms with Crippen molar-refractivity contribution >= 4 is 53.4 Å². The molecule has 5 heteroatoms. The van der Waals surface area contributed by atoms with Crippen LogP contribution in [0.2, 0.25) is 0 Å². The molecular formula is C57H35N3OS. The van der Waals surface area contributed by atoms with E-state index in [1.165, 1.54) is 20.2 Å². The zero-order valence-electron chi connectivity index (χ0n) is 33.4. The maximum atomic E-state index is 7.29. The molecule has 4 nitrogen and oxygen atoms in total. The van der Waals surface area contributed by atoms with Crippen LogP contribution in [0.1, 0.15) is 0 Å². The van der Waals surface area contributed by atoms with Gasteiger partial charge in [0.05, 0.1) is 28.0 Å². The van der Waals surface area contributed by atoms with Crippen molar-refractivity contribution in [3.63, 3.8) is 0 Å². The van der Waals surface area contributed by atoms with Gasteiger partial charge in [-0.2, -0.15) is 0 Å². The average Bonchev–Trinajstić information content (AvgIpc) is 3.95. The first kappa shape index (κ1) is 35.9. The molecule has 0 aliphatic carbocycles. The summed E-state index contributed by atoms with van der Waals surface area (Å²) in [5.74, 6) is 1.53. The summed E-state index contributed by atoms with van der Waals surface area (Å²) in [7, 11) is 0. The standard InChI is InChI=1S/C57H35N3OS/c1-4-17-36(18-5-1)48-35-49(60-57(59-48)38-21-8-3-9-22-38)41-25-14-23-39(33-41)40-24-15-26-42(34-40)51-52-53(37-19-6-2-7-20-37)58-47-31-12-10-28-45(47)54(52)61-55(51)46-30-16-29-44-43-27-11-13-32-50(43)62-56(44)46/h1-35H. The van der Waals surface area contributed by atoms with Gasteiger partial charge in [-0.05, 0) is 59.2 Å². The molecule has 4 heterocycles. The third kappa shape index (κ3) is 6.18. The molecule has 0 aliphatic heterocycles. The van der Waals surface area contributed by atoms with Gasteiger partial charge in [-0.15, -0.1) is 11.3 Å². The van der Waals surface area contributed by atoms with E-state index in [9.17, 15) is 0 Å². The number of rotatable bonds is 7. The average molecular weight is 810 g/mol. The molecule has 0 spiro atoms. The quantitative estimate of drug-likeness (QED) is 0.161. The predicted octanol–water partition coefficient (Wildman–Crippen LogP) is 15.8. The van der Waals surface area contributed by atoms with E-state index in [0.717, 1.165) is 94.8 Å². The Bertz CT molecular complexity index is 3570. The Morgan fingerprint density at radius 1 is 0.387 bits per heavy atom. The molecule has 0 bridgehead atoms. The van der Waals surface area contributed by atoms with Crippen molar-refractivity contribution in [1.29, 1.82) is 0 Å². The molecule has 0 saturated heterocycles. The summed E-state index contributed by atoms with van der Waals surface area (Å²) >= 11 is 1.81. The maximum Gasteiger partial charge on any atom is 0.160 e. The van der Waals surface area contributed by atoms with E-state index >= 15 is 0 Å². The first-order valence-corrected chi connectivity index (χ1v) is 21.6. The number of aromatic nitrogens is 3. The second-order valence-electron chi connectivity index (χ2n) is 15.5. The molecule has 0 aliphatic rings. The topological polar surface area (TPSA) is 51.8 Å². The summed E-state index contributed by atoms with van der Waals surface area (Å²) in [6, 6.07) is 74.2. The van der Waals surface area contributed by atoms with Gasteiger partial charge in [-0.3, -0.25) is 0 Å². The highest BCUT2D eigenvalue weighted by atomic mass is 32.1. The first-order chi connectivity index (χ1) is 30.7. The highest BCUT2D eigenvalue weighted by Gasteiger charge is 2.26. The van der Waals surface area contributed by atoms with Crippen LogP contribution in [0.25, 0.3) is 121 Å². The largest absolute Gasteiger partial charge is 0.455 e. The second-order valence-corrected chi connectivity index (χ2v) is 16.5. The fourth-order valence-corrected chi connectivity index (χ4v) is 9.98. The van der Waals surface area contributed by atoms with Gasteiger partial charge in [0.1, 0.15) is 11.3 Å². The van der Waals surface area contributed by atoms with Gasteiger partial charge >= 0.3 is 0 Å². The van der Waals surface area contributed by atoms with Crippen LogP contribution in [0.5, 0.6) is 0 Å². The Labute approximate surface area is 362 Å². The number of hydrogen-bond donors (Lipinski definition) is 0. The van der Waals surface area contributed by atoms with Crippen LogP contribution in [-0.2, 0) is 0 Å². The molecule has 8 aromatic carbocycles. The van der Waals surface area contributed by atoms with Gasteiger partial charge in [-0.25, -0.2) is 15.0 Å². The summed E-state index contributed by atoms with van der Waals surface area (Å²) in [6.45, 7) is 0. The molecule has 0 radical (unpaired) electrons. The Morgan fingerprint density at radius 3 is 1.69 bits per heavy atom. The summed E-state index contributed by atoms with van der Waals surface area (Å²) in [5, 5.41) is 4.46. The molecule has 0 unspecified atom stereocenters. The number of hydrogen-bond acceptors (Lipinski definition) is 5. The lowest BCUT2D eigenvalue weighted by atomic mass is 9.92. The number of benzene rings is 8. The molecule has 4 aromatic heterocycles. The minimum Gasteiger partial charge on any atom is -0.455 e. The Morgan fingerprint density at radius 2 is 0.935 bits per heavy atom. The van der Waals surface area contributed by atoms with Gasteiger partial charge in [0.15, 0.2) is 5.82 Å². The lowest BCUT2D eigenvalue weighted by Crippen LogP contribution is -1.96. The third-order valence-corrected chi connectivity index (χ3v) is 12.9. The SMILES string of the molecule is c1ccc(-c2cc(-c3cccc(-c4cccc(-c5c(-c6cccc7c6sc6ccccc67)oc6c5c(-c5ccccc5)nc5ccccc56)c4)c3)nc(-c3ccccc3)n2)cc1. The van der Waals surface area contributed by atoms with Gasteiger partial charge in [0.2, 0.25) is 0 Å². The molecule has 0 saturated carbocycles. The van der Waals surface area contributed by atoms with Crippen molar-refractivity contribution in [2.24, 2.45) is 0 Å². The summed E-state index contributed by atoms with van der Waals surface area (Å²) in [6.07, 6.45) is 0. The number of nitrogens with zero attached hydrogens (tertiary/aromatic N) is 3. The van der Waals surface area contributed by atoms with Gasteiger partial charge in [0.25, 0.3) is 0 Å². The summed E-state index contributed by atoms with van der Waals surface area (Å²) in [5.41, 5.74) is 13.7. The van der Waals surface area contributed by atoms with Gasteiger partial charge < -0.3 is 4.42 Å². The van der Waals surface area contributed by atoms with E-state index < -0.39 is 0 Å². The molecule has 0 amide bonds. The molecule has 0 N–H and O–H groups in total. The van der Waals surface area contributed by atoms with E-state index in [0.29, 0.717) is 5.82 Å². The van der Waals surface area contributed by atoms with Crippen molar-refractivity contribution in [3.8, 4) is 78.7 Å². The van der Waals surface area contributed by atoms with Crippen LogP contribution in [0.4, 0.5) is 0 Å². The molecule has 12 rings (SSSR count). The van der Waals surface area contributed by atoms with E-state index in [-0.39, 0.29) is 0 Å². The monoisotopic (exact) mass is 809 g/mol. The van der Waals surface area contributed by atoms with Gasteiger partial charge in [-0.1, -0.05) is 170 Å². The number of fused-ring (bicyclic) bond motifs is 6. The van der Waals surface area contributed by atoms with Crippen LogP contribution in [0.3, 0.4) is 0 Å². The number of pyridine rings is 1. The van der Waals surface area contributed by atoms with E-state index in [1.54, 1.807) is 0 Å². The van der Waals surface area contributed by atoms with E-state index in [2.05, 4.69) is 170 Å². The van der Waals surface area contributed by atoms with Crippen molar-refractivity contribution < 1.29 is 4.42 Å². The zero-order chi connectivity index (χ0) is 41.0. The minimum atomic E-state index is 0.692. The first-order valence-electron chi connectivity index (χ1n) is 20.8. The predicted molar refractivity (Wildman–Crippen MR) is 258 cm³/mol. The fourth-order valence-electron chi connectivity index (χ4n) is 8.76. The molecule has 62 heavy (non-hydrogen) atoms. The molecule has 12 aromatic rings. The molecule has 290 valence electrons. The molecular weight excluding hydrogens is 775 g/mol. The molecule has 0 atom stereocenters. The van der Waals surface area contributed by atoms with Crippen LogP contribution in [0.15, 0.2) is 217 Å². The second kappa shape index (κ2) is 14.9. The highest BCUT2D eigenvalue weighted by molar-refractivity contribution is 7.26. The fraction of sp³-hybridized carbons (Fsp3) is 0. The zero-order valence-corrected chi connectivity index (χ0v) is 34.2. The van der Waals surface area contributed by atoms with Crippen LogP contribution in [-0.4, -0.2) is 15.0 Å². The van der Waals surface area contributed by atoms with Crippen molar-refractivity contribution in [1.82, 2.24) is 15.0 Å². The van der Waals surface area contributed by atoms with Crippen LogP contribution < -0.4 is 0 Å².